The monoisotopic (exact) mass is 537 g/mol. The number of hydrogen-bond acceptors (Lipinski definition) is 6. The van der Waals surface area contributed by atoms with Crippen LogP contribution < -0.4 is 10.6 Å². The van der Waals surface area contributed by atoms with Crippen LogP contribution in [0.25, 0.3) is 16.9 Å². The van der Waals surface area contributed by atoms with Gasteiger partial charge in [-0.05, 0) is 67.8 Å². The smallest absolute Gasteiger partial charge is 0.324 e. The van der Waals surface area contributed by atoms with E-state index in [-0.39, 0.29) is 40.3 Å². The van der Waals surface area contributed by atoms with Gasteiger partial charge in [-0.2, -0.15) is 13.2 Å². The zero-order valence-corrected chi connectivity index (χ0v) is 20.0. The molecule has 0 aliphatic rings. The van der Waals surface area contributed by atoms with E-state index < -0.39 is 60.0 Å². The van der Waals surface area contributed by atoms with Gasteiger partial charge in [-0.3, -0.25) is 9.78 Å². The number of anilines is 3. The number of rotatable bonds is 6. The van der Waals surface area contributed by atoms with Crippen molar-refractivity contribution in [1.82, 2.24) is 24.5 Å². The Labute approximate surface area is 232 Å². The maximum absolute atomic E-state index is 13.8. The molecule has 2 N–H and O–H groups in total. The Kier molecular flexibility index (Phi) is 4.64. The van der Waals surface area contributed by atoms with Gasteiger partial charge in [-0.25, -0.2) is 15.0 Å². The van der Waals surface area contributed by atoms with E-state index in [2.05, 4.69) is 30.6 Å². The Bertz CT molecular complexity index is 2020. The number of imidazole rings is 1. The third kappa shape index (κ3) is 5.93. The van der Waals surface area contributed by atoms with Gasteiger partial charge in [0, 0.05) is 57.1 Å². The van der Waals surface area contributed by atoms with Crippen LogP contribution in [-0.2, 0) is 6.18 Å². The SMILES string of the molecule is [2H]c1nc(Nc2c([2H])c(C(=O)Nc3cc(-n4cnc(C([2H])([2H])[2H])c4)cc(C(F)(F)F)c3)c([2H])c([2H])c2C)nc(-c2cccnc2)c1[2H]. The van der Waals surface area contributed by atoms with Gasteiger partial charge >= 0.3 is 6.18 Å². The van der Waals surface area contributed by atoms with E-state index in [1.807, 2.05) is 0 Å². The van der Waals surface area contributed by atoms with Gasteiger partial charge in [0.05, 0.1) is 30.1 Å². The van der Waals surface area contributed by atoms with Gasteiger partial charge in [0.25, 0.3) is 5.91 Å². The van der Waals surface area contributed by atoms with Crippen LogP contribution in [0.4, 0.5) is 30.5 Å². The number of hydrogen-bond donors (Lipinski definition) is 2. The summed E-state index contributed by atoms with van der Waals surface area (Å²) in [6, 6.07) is 3.59. The van der Waals surface area contributed by atoms with Crippen molar-refractivity contribution in [1.29, 1.82) is 0 Å². The zero-order chi connectivity index (χ0) is 34.4. The standard InChI is InChI=1S/C28H22F3N7O/c1-17-5-6-19(10-25(17)37-27-33-9-7-24(36-27)20-4-3-8-32-14-20)26(39)35-22-11-21(28(29,30)31)12-23(13-22)38-15-18(2)34-16-38/h3-16H,1-2H3,(H,35,39)(H,33,36,37)/i2D3,5D,6D,7D,9D,10D. The summed E-state index contributed by atoms with van der Waals surface area (Å²) in [4.78, 5) is 29.4. The number of pyridine rings is 1. The first-order valence-electron chi connectivity index (χ1n) is 15.2. The molecule has 0 bridgehead atoms. The highest BCUT2D eigenvalue weighted by atomic mass is 19.4. The summed E-state index contributed by atoms with van der Waals surface area (Å²) >= 11 is 0. The predicted octanol–water partition coefficient (Wildman–Crippen LogP) is 6.36. The molecule has 0 aliphatic carbocycles. The molecule has 3 aromatic heterocycles. The Morgan fingerprint density at radius 2 is 2.03 bits per heavy atom. The van der Waals surface area contributed by atoms with Crippen molar-refractivity contribution in [3.63, 3.8) is 0 Å². The van der Waals surface area contributed by atoms with Crippen LogP contribution in [0, 0.1) is 13.8 Å². The summed E-state index contributed by atoms with van der Waals surface area (Å²) < 4.78 is 107. The third-order valence-electron chi connectivity index (χ3n) is 5.34. The van der Waals surface area contributed by atoms with Crippen molar-refractivity contribution in [2.24, 2.45) is 0 Å². The van der Waals surface area contributed by atoms with Crippen LogP contribution in [0.5, 0.6) is 0 Å². The van der Waals surface area contributed by atoms with Crippen LogP contribution in [0.3, 0.4) is 0 Å². The largest absolute Gasteiger partial charge is 0.416 e. The topological polar surface area (TPSA) is 97.6 Å². The molecule has 0 radical (unpaired) electrons. The van der Waals surface area contributed by atoms with Crippen molar-refractivity contribution in [3.8, 4) is 16.9 Å². The molecule has 11 heteroatoms. The minimum Gasteiger partial charge on any atom is -0.324 e. The fraction of sp³-hybridized carbons (Fsp3) is 0.107. The number of aryl methyl sites for hydroxylation is 1. The molecule has 0 fully saturated rings. The fourth-order valence-electron chi connectivity index (χ4n) is 3.46. The lowest BCUT2D eigenvalue weighted by Gasteiger charge is -2.14. The van der Waals surface area contributed by atoms with Gasteiger partial charge in [0.15, 0.2) is 0 Å². The second-order valence-corrected chi connectivity index (χ2v) is 8.14. The number of amides is 1. The van der Waals surface area contributed by atoms with E-state index >= 15 is 0 Å². The van der Waals surface area contributed by atoms with Gasteiger partial charge in [0.2, 0.25) is 5.95 Å². The number of halogens is 3. The number of alkyl halides is 3. The molecule has 2 aromatic carbocycles. The van der Waals surface area contributed by atoms with Crippen molar-refractivity contribution < 1.29 is 28.9 Å². The Hall–Kier alpha value is -5.06. The average molecular weight is 538 g/mol. The average Bonchev–Trinajstić information content (AvgIpc) is 3.51. The summed E-state index contributed by atoms with van der Waals surface area (Å²) in [5.74, 6) is -1.44. The molecular weight excluding hydrogens is 507 g/mol. The molecule has 0 unspecified atom stereocenters. The van der Waals surface area contributed by atoms with E-state index in [9.17, 15) is 18.0 Å². The van der Waals surface area contributed by atoms with Crippen LogP contribution in [0.1, 0.15) is 38.1 Å². The minimum atomic E-state index is -4.88. The molecule has 39 heavy (non-hydrogen) atoms. The highest BCUT2D eigenvalue weighted by Crippen LogP contribution is 2.33. The molecular formula is C28H22F3N7O. The van der Waals surface area contributed by atoms with Gasteiger partial charge in [-0.1, -0.05) is 6.04 Å². The summed E-state index contributed by atoms with van der Waals surface area (Å²) in [6.07, 6.45) is -0.393. The third-order valence-corrected chi connectivity index (χ3v) is 5.34. The lowest BCUT2D eigenvalue weighted by atomic mass is 10.1. The number of nitrogens with zero attached hydrogens (tertiary/aromatic N) is 5. The molecule has 5 aromatic rings. The first-order chi connectivity index (χ1) is 22.0. The Morgan fingerprint density at radius 3 is 2.77 bits per heavy atom. The molecule has 8 nitrogen and oxygen atoms in total. The molecule has 0 saturated carbocycles. The van der Waals surface area contributed by atoms with Gasteiger partial charge in [0.1, 0.15) is 0 Å². The summed E-state index contributed by atoms with van der Waals surface area (Å²) in [5, 5.41) is 4.95. The number of carbonyl (C=O) groups excluding carboxylic acids is 1. The molecule has 0 saturated heterocycles. The molecule has 3 heterocycles. The van der Waals surface area contributed by atoms with Crippen molar-refractivity contribution in [3.05, 3.63) is 108 Å². The number of aromatic nitrogens is 5. The van der Waals surface area contributed by atoms with E-state index in [0.717, 1.165) is 29.2 Å². The van der Waals surface area contributed by atoms with E-state index in [0.29, 0.717) is 11.6 Å². The molecule has 1 amide bonds. The number of carbonyl (C=O) groups is 1. The fourth-order valence-corrected chi connectivity index (χ4v) is 3.46. The van der Waals surface area contributed by atoms with Crippen molar-refractivity contribution >= 4 is 23.2 Å². The normalized spacial score (nSPS) is 14.6. The Morgan fingerprint density at radius 1 is 1.15 bits per heavy atom. The van der Waals surface area contributed by atoms with Crippen molar-refractivity contribution in [2.45, 2.75) is 20.0 Å². The molecule has 196 valence electrons. The second-order valence-electron chi connectivity index (χ2n) is 8.14. The summed E-state index contributed by atoms with van der Waals surface area (Å²) in [6.45, 7) is -1.23. The zero-order valence-electron chi connectivity index (χ0n) is 28.0. The first-order valence-corrected chi connectivity index (χ1v) is 11.2. The number of benzene rings is 2. The van der Waals surface area contributed by atoms with Crippen LogP contribution in [0.2, 0.25) is 0 Å². The molecule has 0 atom stereocenters. The highest BCUT2D eigenvalue weighted by molar-refractivity contribution is 6.05. The van der Waals surface area contributed by atoms with E-state index in [1.165, 1.54) is 19.3 Å². The van der Waals surface area contributed by atoms with Crippen LogP contribution in [-0.4, -0.2) is 30.4 Å². The van der Waals surface area contributed by atoms with Gasteiger partial charge in [-0.15, -0.1) is 0 Å². The Balaban J connectivity index is 1.54. The lowest BCUT2D eigenvalue weighted by molar-refractivity contribution is -0.137. The molecule has 0 spiro atoms. The van der Waals surface area contributed by atoms with Crippen LogP contribution in [0.15, 0.2) is 85.6 Å². The number of nitrogens with one attached hydrogen (secondary N) is 2. The second kappa shape index (κ2) is 10.4. The maximum Gasteiger partial charge on any atom is 0.416 e. The van der Waals surface area contributed by atoms with Crippen molar-refractivity contribution in [2.75, 3.05) is 10.6 Å². The summed E-state index contributed by atoms with van der Waals surface area (Å²) in [7, 11) is 0. The highest BCUT2D eigenvalue weighted by Gasteiger charge is 2.31. The predicted molar refractivity (Wildman–Crippen MR) is 141 cm³/mol. The summed E-state index contributed by atoms with van der Waals surface area (Å²) in [5.41, 5.74) is -2.53. The first kappa shape index (κ1) is 17.4. The van der Waals surface area contributed by atoms with E-state index in [1.54, 1.807) is 12.1 Å². The van der Waals surface area contributed by atoms with Crippen LogP contribution >= 0.6 is 0 Å². The minimum absolute atomic E-state index is 0.0372. The molecule has 0 aliphatic heterocycles. The van der Waals surface area contributed by atoms with Gasteiger partial charge < -0.3 is 15.2 Å². The quantitative estimate of drug-likeness (QED) is 0.262. The molecule has 5 rings (SSSR count). The lowest BCUT2D eigenvalue weighted by Crippen LogP contribution is -2.14. The van der Waals surface area contributed by atoms with E-state index in [4.69, 9.17) is 11.0 Å². The maximum atomic E-state index is 13.8.